The van der Waals surface area contributed by atoms with E-state index in [1.807, 2.05) is 0 Å². The minimum absolute atomic E-state index is 0.517. The van der Waals surface area contributed by atoms with Crippen molar-refractivity contribution in [1.29, 1.82) is 0 Å². The maximum atomic E-state index is 2.41. The second-order valence-corrected chi connectivity index (χ2v) is 9.65. The Kier molecular flexibility index (Phi) is 6.51. The van der Waals surface area contributed by atoms with Gasteiger partial charge in [0.15, 0.2) is 0 Å². The first-order valence-corrected chi connectivity index (χ1v) is 11.4. The van der Waals surface area contributed by atoms with Gasteiger partial charge < -0.3 is 0 Å². The smallest absolute Gasteiger partial charge is 0.271 e. The van der Waals surface area contributed by atoms with Gasteiger partial charge in [0.2, 0.25) is 0 Å². The van der Waals surface area contributed by atoms with E-state index in [1.54, 1.807) is 0 Å². The van der Waals surface area contributed by atoms with Gasteiger partial charge in [-0.1, -0.05) is 67.9 Å². The Morgan fingerprint density at radius 1 is 0.862 bits per heavy atom. The highest BCUT2D eigenvalue weighted by Gasteiger charge is 2.31. The van der Waals surface area contributed by atoms with Crippen molar-refractivity contribution in [3.63, 3.8) is 0 Å². The summed E-state index contributed by atoms with van der Waals surface area (Å²) in [6, 6.07) is 1.38. The van der Waals surface area contributed by atoms with Crippen molar-refractivity contribution in [2.75, 3.05) is 0 Å². The van der Waals surface area contributed by atoms with Crippen LogP contribution < -0.4 is 9.13 Å². The molecule has 0 saturated carbocycles. The average molecular weight is 392 g/mol. The lowest BCUT2D eigenvalue weighted by molar-refractivity contribution is -0.722. The van der Waals surface area contributed by atoms with Gasteiger partial charge in [-0.2, -0.15) is 0 Å². The van der Waals surface area contributed by atoms with E-state index in [2.05, 4.69) is 108 Å². The first kappa shape index (κ1) is 21.6. The Labute approximate surface area is 178 Å². The molecular formula is C27H39N2+. The standard InChI is InChI=1S/C27H39N2/c1-18(2)22-11-9-12-23(19(3)4)26(22)28-15-16-29(17-28)27-24(20(5)6)13-10-14-25(27)21(7)8/h11-21H,9-10H2,1-8H3/q+1. The van der Waals surface area contributed by atoms with E-state index in [4.69, 9.17) is 0 Å². The van der Waals surface area contributed by atoms with Gasteiger partial charge in [-0.15, -0.1) is 12.2 Å². The molecule has 0 spiro atoms. The fourth-order valence-corrected chi connectivity index (χ4v) is 4.60. The molecule has 1 aromatic heterocycles. The quantitative estimate of drug-likeness (QED) is 0.416. The van der Waals surface area contributed by atoms with Crippen molar-refractivity contribution < 1.29 is 9.13 Å². The first-order chi connectivity index (χ1) is 13.7. The van der Waals surface area contributed by atoms with Crippen molar-refractivity contribution >= 4 is 5.70 Å². The molecule has 2 nitrogen and oxygen atoms in total. The molecule has 0 aliphatic heterocycles. The van der Waals surface area contributed by atoms with Crippen LogP contribution >= 0.6 is 0 Å². The van der Waals surface area contributed by atoms with E-state index in [-0.39, 0.29) is 0 Å². The van der Waals surface area contributed by atoms with Crippen LogP contribution in [0.2, 0.25) is 0 Å². The highest BCUT2D eigenvalue weighted by atomic mass is 15.1. The van der Waals surface area contributed by atoms with Crippen LogP contribution in [0.3, 0.4) is 0 Å². The summed E-state index contributed by atoms with van der Waals surface area (Å²) in [7, 11) is 0. The van der Waals surface area contributed by atoms with Crippen molar-refractivity contribution in [3.8, 4) is 0 Å². The molecule has 0 fully saturated rings. The Balaban J connectivity index is 2.09. The van der Waals surface area contributed by atoms with Crippen LogP contribution in [0.4, 0.5) is 0 Å². The Morgan fingerprint density at radius 3 is 2.00 bits per heavy atom. The fourth-order valence-electron chi connectivity index (χ4n) is 4.60. The monoisotopic (exact) mass is 391 g/mol. The Hall–Kier alpha value is -2.09. The maximum absolute atomic E-state index is 2.41. The SMILES string of the molecule is CC(C)C1=CC[CH+]C(C(C)C)=C1[n+]1c[n+]([C-]2C(C(C)C)=CCC=C2C(C)C)c[cH-]1. The zero-order valence-electron chi connectivity index (χ0n) is 19.7. The number of hydrogen-bond acceptors (Lipinski definition) is 0. The van der Waals surface area contributed by atoms with E-state index in [9.17, 15) is 0 Å². The largest absolute Gasteiger partial charge is 0.301 e. The third-order valence-corrected chi connectivity index (χ3v) is 6.09. The summed E-state index contributed by atoms with van der Waals surface area (Å²) in [5.41, 5.74) is 7.24. The lowest BCUT2D eigenvalue weighted by atomic mass is 9.81. The summed E-state index contributed by atoms with van der Waals surface area (Å²) in [6.07, 6.45) is 18.5. The maximum Gasteiger partial charge on any atom is 0.301 e. The van der Waals surface area contributed by atoms with Gasteiger partial charge in [-0.05, 0) is 40.4 Å². The number of imidazole rings is 1. The lowest BCUT2D eigenvalue weighted by Gasteiger charge is -2.30. The molecule has 29 heavy (non-hydrogen) atoms. The minimum atomic E-state index is 0.517. The Bertz CT molecular complexity index is 829. The topological polar surface area (TPSA) is 7.76 Å². The van der Waals surface area contributed by atoms with E-state index >= 15 is 0 Å². The molecule has 3 rings (SSSR count). The van der Waals surface area contributed by atoms with Crippen LogP contribution in [-0.4, -0.2) is 0 Å². The molecule has 1 aromatic rings. The highest BCUT2D eigenvalue weighted by molar-refractivity contribution is 5.65. The minimum Gasteiger partial charge on any atom is -0.271 e. The number of allylic oxidation sites excluding steroid dienone is 8. The number of nitrogens with zero attached hydrogens (tertiary/aromatic N) is 2. The van der Waals surface area contributed by atoms with Crippen LogP contribution in [0, 0.1) is 36.1 Å². The number of hydrogen-bond donors (Lipinski definition) is 0. The average Bonchev–Trinajstić information content (AvgIpc) is 3.15. The summed E-state index contributed by atoms with van der Waals surface area (Å²) in [5, 5.41) is 0. The van der Waals surface area contributed by atoms with Crippen LogP contribution in [0.25, 0.3) is 5.70 Å². The molecule has 0 radical (unpaired) electrons. The van der Waals surface area contributed by atoms with E-state index < -0.39 is 0 Å². The van der Waals surface area contributed by atoms with Gasteiger partial charge in [0.1, 0.15) is 24.1 Å². The fraction of sp³-hybridized carbons (Fsp3) is 0.519. The van der Waals surface area contributed by atoms with Crippen molar-refractivity contribution in [3.05, 3.63) is 71.7 Å². The first-order valence-electron chi connectivity index (χ1n) is 11.4. The number of rotatable bonds is 6. The van der Waals surface area contributed by atoms with Gasteiger partial charge in [0.05, 0.1) is 0 Å². The molecule has 0 N–H and O–H groups in total. The van der Waals surface area contributed by atoms with Crippen molar-refractivity contribution in [2.45, 2.75) is 68.2 Å². The van der Waals surface area contributed by atoms with Crippen molar-refractivity contribution in [1.82, 2.24) is 0 Å². The van der Waals surface area contributed by atoms with Gasteiger partial charge in [0, 0.05) is 18.4 Å². The molecule has 156 valence electrons. The van der Waals surface area contributed by atoms with Gasteiger partial charge in [-0.3, -0.25) is 4.57 Å². The zero-order valence-corrected chi connectivity index (χ0v) is 19.7. The normalized spacial score (nSPS) is 17.9. The van der Waals surface area contributed by atoms with Gasteiger partial charge in [0.25, 0.3) is 0 Å². The predicted molar refractivity (Wildman–Crippen MR) is 121 cm³/mol. The van der Waals surface area contributed by atoms with E-state index in [0.29, 0.717) is 23.7 Å². The molecule has 0 saturated heterocycles. The van der Waals surface area contributed by atoms with Gasteiger partial charge in [-0.25, -0.2) is 4.57 Å². The van der Waals surface area contributed by atoms with E-state index in [0.717, 1.165) is 12.8 Å². The lowest BCUT2D eigenvalue weighted by Crippen LogP contribution is -2.47. The molecule has 1 heterocycles. The van der Waals surface area contributed by atoms with Crippen LogP contribution in [-0.2, 0) is 0 Å². The van der Waals surface area contributed by atoms with E-state index in [1.165, 1.54) is 34.0 Å². The molecule has 2 aliphatic carbocycles. The highest BCUT2D eigenvalue weighted by Crippen LogP contribution is 2.35. The second kappa shape index (κ2) is 8.73. The molecule has 0 aromatic carbocycles. The zero-order chi connectivity index (χ0) is 21.3. The van der Waals surface area contributed by atoms with Crippen LogP contribution in [0.15, 0.2) is 59.2 Å². The molecule has 0 amide bonds. The van der Waals surface area contributed by atoms with Crippen LogP contribution in [0.1, 0.15) is 68.2 Å². The summed E-state index contributed by atoms with van der Waals surface area (Å²) >= 11 is 0. The molecule has 0 atom stereocenters. The third-order valence-electron chi connectivity index (χ3n) is 6.09. The molecule has 0 unspecified atom stereocenters. The molecule has 0 bridgehead atoms. The summed E-state index contributed by atoms with van der Waals surface area (Å²) < 4.78 is 4.71. The Morgan fingerprint density at radius 2 is 1.48 bits per heavy atom. The predicted octanol–water partition coefficient (Wildman–Crippen LogP) is 5.99. The van der Waals surface area contributed by atoms with Gasteiger partial charge >= 0.3 is 6.33 Å². The molecule has 2 aliphatic rings. The summed E-state index contributed by atoms with van der Waals surface area (Å²) in [5.74, 6) is 2.07. The summed E-state index contributed by atoms with van der Waals surface area (Å²) in [4.78, 5) is 0. The molecule has 2 heteroatoms. The third kappa shape index (κ3) is 4.27. The molecular weight excluding hydrogens is 352 g/mol. The van der Waals surface area contributed by atoms with Crippen LogP contribution in [0.5, 0.6) is 0 Å². The second-order valence-electron chi connectivity index (χ2n) is 9.65. The number of aromatic nitrogens is 2. The summed E-state index contributed by atoms with van der Waals surface area (Å²) in [6.45, 7) is 18.5. The van der Waals surface area contributed by atoms with Crippen molar-refractivity contribution in [2.24, 2.45) is 23.7 Å².